The van der Waals surface area contributed by atoms with Gasteiger partial charge in [-0.3, -0.25) is 4.72 Å². The second kappa shape index (κ2) is 5.82. The second-order valence-corrected chi connectivity index (χ2v) is 6.99. The molecule has 0 atom stereocenters. The molecule has 0 aliphatic heterocycles. The smallest absolute Gasteiger partial charge is 0.262 e. The Morgan fingerprint density at radius 1 is 1.05 bits per heavy atom. The fourth-order valence-electron chi connectivity index (χ4n) is 1.70. The second-order valence-electron chi connectivity index (χ2n) is 4.12. The lowest BCUT2D eigenvalue weighted by atomic mass is 10.2. The molecule has 2 rings (SSSR count). The van der Waals surface area contributed by atoms with Crippen molar-refractivity contribution in [3.8, 4) is 0 Å². The van der Waals surface area contributed by atoms with E-state index in [0.717, 1.165) is 0 Å². The molecule has 0 heterocycles. The molecule has 0 bridgehead atoms. The molecular weight excluding hydrogens is 341 g/mol. The van der Waals surface area contributed by atoms with Gasteiger partial charge in [-0.25, -0.2) is 8.42 Å². The van der Waals surface area contributed by atoms with Crippen LogP contribution in [0.25, 0.3) is 0 Å². The van der Waals surface area contributed by atoms with Crippen molar-refractivity contribution in [1.29, 1.82) is 0 Å². The molecule has 0 fully saturated rings. The van der Waals surface area contributed by atoms with E-state index in [2.05, 4.69) is 4.72 Å². The van der Waals surface area contributed by atoms with E-state index in [1.54, 1.807) is 25.1 Å². The van der Waals surface area contributed by atoms with Gasteiger partial charge in [0.2, 0.25) is 0 Å². The third kappa shape index (κ3) is 3.20. The standard InChI is InChI=1S/C13H10Cl3NO2S/c1-8-7-9(14)5-6-12(8)20(18,19)17-11-4-2-3-10(15)13(11)16/h2-7,17H,1H3. The summed E-state index contributed by atoms with van der Waals surface area (Å²) < 4.78 is 27.1. The van der Waals surface area contributed by atoms with Gasteiger partial charge in [0, 0.05) is 5.02 Å². The fraction of sp³-hybridized carbons (Fsp3) is 0.0769. The van der Waals surface area contributed by atoms with Gasteiger partial charge in [0.25, 0.3) is 10.0 Å². The van der Waals surface area contributed by atoms with Crippen LogP contribution in [-0.4, -0.2) is 8.42 Å². The van der Waals surface area contributed by atoms with Crippen molar-refractivity contribution in [3.63, 3.8) is 0 Å². The average Bonchev–Trinajstić information content (AvgIpc) is 2.34. The van der Waals surface area contributed by atoms with Gasteiger partial charge in [-0.2, -0.15) is 0 Å². The molecule has 2 aromatic rings. The summed E-state index contributed by atoms with van der Waals surface area (Å²) in [5.74, 6) is 0. The molecule has 20 heavy (non-hydrogen) atoms. The Balaban J connectivity index is 2.44. The van der Waals surface area contributed by atoms with Crippen molar-refractivity contribution in [3.05, 3.63) is 57.0 Å². The Morgan fingerprint density at radius 2 is 1.75 bits per heavy atom. The van der Waals surface area contributed by atoms with Crippen molar-refractivity contribution in [2.75, 3.05) is 4.72 Å². The number of hydrogen-bond acceptors (Lipinski definition) is 2. The minimum atomic E-state index is -3.75. The van der Waals surface area contributed by atoms with Gasteiger partial charge in [-0.05, 0) is 42.8 Å². The summed E-state index contributed by atoms with van der Waals surface area (Å²) in [7, 11) is -3.75. The van der Waals surface area contributed by atoms with Gasteiger partial charge in [-0.15, -0.1) is 0 Å². The van der Waals surface area contributed by atoms with Crippen LogP contribution >= 0.6 is 34.8 Å². The maximum Gasteiger partial charge on any atom is 0.262 e. The van der Waals surface area contributed by atoms with E-state index in [9.17, 15) is 8.42 Å². The van der Waals surface area contributed by atoms with Crippen molar-refractivity contribution in [2.45, 2.75) is 11.8 Å². The van der Waals surface area contributed by atoms with Crippen LogP contribution in [0.5, 0.6) is 0 Å². The average molecular weight is 351 g/mol. The van der Waals surface area contributed by atoms with Crippen molar-refractivity contribution in [2.24, 2.45) is 0 Å². The summed E-state index contributed by atoms with van der Waals surface area (Å²) >= 11 is 17.6. The predicted molar refractivity (Wildman–Crippen MR) is 83.5 cm³/mol. The molecule has 0 unspecified atom stereocenters. The number of anilines is 1. The summed E-state index contributed by atoms with van der Waals surface area (Å²) in [5.41, 5.74) is 0.775. The molecule has 0 aliphatic carbocycles. The monoisotopic (exact) mass is 349 g/mol. The summed E-state index contributed by atoms with van der Waals surface area (Å²) in [5, 5.41) is 0.909. The molecule has 0 spiro atoms. The number of sulfonamides is 1. The molecule has 106 valence electrons. The number of benzene rings is 2. The van der Waals surface area contributed by atoms with Crippen LogP contribution in [-0.2, 0) is 10.0 Å². The summed E-state index contributed by atoms with van der Waals surface area (Å²) in [4.78, 5) is 0.137. The highest BCUT2D eigenvalue weighted by Gasteiger charge is 2.18. The van der Waals surface area contributed by atoms with Crippen LogP contribution in [0.4, 0.5) is 5.69 Å². The van der Waals surface area contributed by atoms with Gasteiger partial charge >= 0.3 is 0 Å². The lowest BCUT2D eigenvalue weighted by Gasteiger charge is -2.12. The van der Waals surface area contributed by atoms with Crippen LogP contribution < -0.4 is 4.72 Å². The first-order chi connectivity index (χ1) is 9.31. The molecule has 0 saturated carbocycles. The van der Waals surface area contributed by atoms with Gasteiger partial charge in [0.15, 0.2) is 0 Å². The molecule has 0 radical (unpaired) electrons. The van der Waals surface area contributed by atoms with E-state index in [1.165, 1.54) is 18.2 Å². The Kier molecular flexibility index (Phi) is 4.49. The normalized spacial score (nSPS) is 11.4. The highest BCUT2D eigenvalue weighted by molar-refractivity contribution is 7.92. The SMILES string of the molecule is Cc1cc(Cl)ccc1S(=O)(=O)Nc1cccc(Cl)c1Cl. The zero-order valence-electron chi connectivity index (χ0n) is 10.3. The Morgan fingerprint density at radius 3 is 2.40 bits per heavy atom. The van der Waals surface area contributed by atoms with E-state index in [1.807, 2.05) is 0 Å². The Hall–Kier alpha value is -0.940. The molecule has 2 aromatic carbocycles. The highest BCUT2D eigenvalue weighted by Crippen LogP contribution is 2.31. The van der Waals surface area contributed by atoms with E-state index < -0.39 is 10.0 Å². The predicted octanol–water partition coefficient (Wildman–Crippen LogP) is 4.76. The van der Waals surface area contributed by atoms with Gasteiger partial charge in [0.1, 0.15) is 0 Å². The maximum atomic E-state index is 12.3. The Bertz CT molecular complexity index is 760. The molecule has 3 nitrogen and oxygen atoms in total. The van der Waals surface area contributed by atoms with E-state index in [4.69, 9.17) is 34.8 Å². The first-order valence-electron chi connectivity index (χ1n) is 5.54. The number of aryl methyl sites for hydroxylation is 1. The number of halogens is 3. The molecule has 0 aromatic heterocycles. The van der Waals surface area contributed by atoms with E-state index in [0.29, 0.717) is 10.6 Å². The molecule has 7 heteroatoms. The fourth-order valence-corrected chi connectivity index (χ4v) is 3.63. The number of rotatable bonds is 3. The summed E-state index contributed by atoms with van der Waals surface area (Å²) in [6, 6.07) is 9.27. The first-order valence-corrected chi connectivity index (χ1v) is 8.16. The highest BCUT2D eigenvalue weighted by atomic mass is 35.5. The van der Waals surface area contributed by atoms with Gasteiger partial charge in [-0.1, -0.05) is 40.9 Å². The van der Waals surface area contributed by atoms with Gasteiger partial charge < -0.3 is 0 Å². The molecule has 1 N–H and O–H groups in total. The van der Waals surface area contributed by atoms with Crippen LogP contribution in [0.1, 0.15) is 5.56 Å². The van der Waals surface area contributed by atoms with Crippen molar-refractivity contribution >= 4 is 50.5 Å². The summed E-state index contributed by atoms with van der Waals surface area (Å²) in [6.07, 6.45) is 0. The van der Waals surface area contributed by atoms with E-state index in [-0.39, 0.29) is 20.6 Å². The van der Waals surface area contributed by atoms with Crippen molar-refractivity contribution in [1.82, 2.24) is 0 Å². The first kappa shape index (κ1) is 15.4. The van der Waals surface area contributed by atoms with Gasteiger partial charge in [0.05, 0.1) is 20.6 Å². The van der Waals surface area contributed by atoms with Crippen LogP contribution in [0.2, 0.25) is 15.1 Å². The maximum absolute atomic E-state index is 12.3. The molecule has 0 saturated heterocycles. The quantitative estimate of drug-likeness (QED) is 0.867. The zero-order valence-corrected chi connectivity index (χ0v) is 13.4. The largest absolute Gasteiger partial charge is 0.278 e. The topological polar surface area (TPSA) is 46.2 Å². The van der Waals surface area contributed by atoms with Crippen LogP contribution in [0.15, 0.2) is 41.3 Å². The Labute approximate surface area is 132 Å². The minimum absolute atomic E-state index is 0.137. The molecule has 0 amide bonds. The lowest BCUT2D eigenvalue weighted by molar-refractivity contribution is 0.600. The van der Waals surface area contributed by atoms with Crippen LogP contribution in [0, 0.1) is 6.92 Å². The number of hydrogen-bond donors (Lipinski definition) is 1. The molecular formula is C13H10Cl3NO2S. The van der Waals surface area contributed by atoms with E-state index >= 15 is 0 Å². The summed E-state index contributed by atoms with van der Waals surface area (Å²) in [6.45, 7) is 1.67. The van der Waals surface area contributed by atoms with Crippen LogP contribution in [0.3, 0.4) is 0 Å². The number of nitrogens with one attached hydrogen (secondary N) is 1. The molecule has 0 aliphatic rings. The lowest BCUT2D eigenvalue weighted by Crippen LogP contribution is -2.14. The zero-order chi connectivity index (χ0) is 14.9. The third-order valence-corrected chi connectivity index (χ3v) is 5.20. The third-order valence-electron chi connectivity index (χ3n) is 2.62. The van der Waals surface area contributed by atoms with Crippen molar-refractivity contribution < 1.29 is 8.42 Å². The minimum Gasteiger partial charge on any atom is -0.278 e.